The average molecular weight is 465 g/mol. The predicted octanol–water partition coefficient (Wildman–Crippen LogP) is 5.25. The molecule has 0 radical (unpaired) electrons. The summed E-state index contributed by atoms with van der Waals surface area (Å²) < 4.78 is 1.91. The highest BCUT2D eigenvalue weighted by atomic mass is 35.5. The number of aryl methyl sites for hydroxylation is 1. The Balaban J connectivity index is 1.35. The summed E-state index contributed by atoms with van der Waals surface area (Å²) in [5.74, 6) is -0.313. The number of carbonyl (C=O) groups is 2. The minimum atomic E-state index is -0.205. The zero-order chi connectivity index (χ0) is 22.2. The van der Waals surface area contributed by atoms with Crippen LogP contribution >= 0.6 is 22.9 Å². The van der Waals surface area contributed by atoms with E-state index in [-0.39, 0.29) is 17.9 Å². The summed E-state index contributed by atoms with van der Waals surface area (Å²) in [6.07, 6.45) is 2.06. The first-order chi connectivity index (χ1) is 15.5. The SMILES string of the molecule is Cc1nn(Cc2ccc(Cl)cc2)c2sc(C(=O)Nc3cccc(C(=O)NC4CC4)c3)cc12. The van der Waals surface area contributed by atoms with Crippen LogP contribution < -0.4 is 10.6 Å². The van der Waals surface area contributed by atoms with Crippen LogP contribution in [0, 0.1) is 6.92 Å². The summed E-state index contributed by atoms with van der Waals surface area (Å²) in [7, 11) is 0. The summed E-state index contributed by atoms with van der Waals surface area (Å²) in [6.45, 7) is 2.54. The topological polar surface area (TPSA) is 76.0 Å². The number of nitrogens with one attached hydrogen (secondary N) is 2. The number of halogens is 1. The highest BCUT2D eigenvalue weighted by molar-refractivity contribution is 7.20. The Labute approximate surface area is 194 Å². The Bertz CT molecular complexity index is 1320. The molecule has 1 aliphatic rings. The summed E-state index contributed by atoms with van der Waals surface area (Å²) in [4.78, 5) is 26.8. The molecule has 2 amide bonds. The zero-order valence-electron chi connectivity index (χ0n) is 17.4. The Hall–Kier alpha value is -3.16. The molecule has 162 valence electrons. The number of fused-ring (bicyclic) bond motifs is 1. The summed E-state index contributed by atoms with van der Waals surface area (Å²) >= 11 is 7.39. The van der Waals surface area contributed by atoms with Gasteiger partial charge >= 0.3 is 0 Å². The second-order valence-electron chi connectivity index (χ2n) is 7.98. The van der Waals surface area contributed by atoms with Crippen molar-refractivity contribution < 1.29 is 9.59 Å². The second kappa shape index (κ2) is 8.41. The van der Waals surface area contributed by atoms with E-state index in [0.717, 1.165) is 34.3 Å². The first-order valence-electron chi connectivity index (χ1n) is 10.4. The maximum atomic E-state index is 12.9. The number of hydrogen-bond donors (Lipinski definition) is 2. The van der Waals surface area contributed by atoms with Gasteiger partial charge in [0.2, 0.25) is 0 Å². The van der Waals surface area contributed by atoms with Crippen LogP contribution in [-0.4, -0.2) is 27.6 Å². The normalized spacial score (nSPS) is 13.3. The second-order valence-corrected chi connectivity index (χ2v) is 9.45. The van der Waals surface area contributed by atoms with Crippen LogP contribution in [0.3, 0.4) is 0 Å². The van der Waals surface area contributed by atoms with Gasteiger partial charge in [0.15, 0.2) is 0 Å². The number of amides is 2. The fourth-order valence-electron chi connectivity index (χ4n) is 3.52. The van der Waals surface area contributed by atoms with Gasteiger partial charge in [-0.15, -0.1) is 11.3 Å². The van der Waals surface area contributed by atoms with E-state index in [2.05, 4.69) is 15.7 Å². The lowest BCUT2D eigenvalue weighted by Crippen LogP contribution is -2.25. The van der Waals surface area contributed by atoms with E-state index < -0.39 is 0 Å². The lowest BCUT2D eigenvalue weighted by molar-refractivity contribution is 0.0949. The molecule has 0 unspecified atom stereocenters. The van der Waals surface area contributed by atoms with Gasteiger partial charge in [0.05, 0.1) is 17.1 Å². The maximum absolute atomic E-state index is 12.9. The van der Waals surface area contributed by atoms with E-state index in [0.29, 0.717) is 27.7 Å². The molecule has 1 fully saturated rings. The molecule has 6 nitrogen and oxygen atoms in total. The van der Waals surface area contributed by atoms with Gasteiger partial charge in [-0.05, 0) is 61.7 Å². The lowest BCUT2D eigenvalue weighted by Gasteiger charge is -2.07. The van der Waals surface area contributed by atoms with Crippen LogP contribution in [0.15, 0.2) is 54.6 Å². The number of aromatic nitrogens is 2. The van der Waals surface area contributed by atoms with Crippen molar-refractivity contribution in [3.05, 3.63) is 81.3 Å². The van der Waals surface area contributed by atoms with Crippen molar-refractivity contribution in [1.82, 2.24) is 15.1 Å². The molecule has 32 heavy (non-hydrogen) atoms. The number of carbonyl (C=O) groups excluding carboxylic acids is 2. The van der Waals surface area contributed by atoms with Crippen molar-refractivity contribution in [1.29, 1.82) is 0 Å². The minimum absolute atomic E-state index is 0.108. The Morgan fingerprint density at radius 3 is 2.66 bits per heavy atom. The zero-order valence-corrected chi connectivity index (χ0v) is 19.0. The van der Waals surface area contributed by atoms with Crippen LogP contribution in [0.5, 0.6) is 0 Å². The number of nitrogens with zero attached hydrogens (tertiary/aromatic N) is 2. The molecule has 5 rings (SSSR count). The molecule has 0 aliphatic heterocycles. The third-order valence-corrected chi connectivity index (χ3v) is 6.77. The molecule has 0 bridgehead atoms. The molecule has 0 spiro atoms. The van der Waals surface area contributed by atoms with E-state index in [1.54, 1.807) is 24.3 Å². The van der Waals surface area contributed by atoms with Crippen LogP contribution in [0.4, 0.5) is 5.69 Å². The number of thiophene rings is 1. The van der Waals surface area contributed by atoms with Crippen molar-refractivity contribution in [3.63, 3.8) is 0 Å². The van der Waals surface area contributed by atoms with Gasteiger partial charge in [-0.1, -0.05) is 29.8 Å². The Morgan fingerprint density at radius 2 is 1.91 bits per heavy atom. The standard InChI is InChI=1S/C24H21ClN4O2S/c1-14-20-12-21(32-24(20)29(28-14)13-15-5-7-17(25)8-6-15)23(31)27-19-4-2-3-16(11-19)22(30)26-18-9-10-18/h2-8,11-12,18H,9-10,13H2,1H3,(H,26,30)(H,27,31). The van der Waals surface area contributed by atoms with Crippen molar-refractivity contribution >= 4 is 50.7 Å². The van der Waals surface area contributed by atoms with Crippen LogP contribution in [-0.2, 0) is 6.54 Å². The van der Waals surface area contributed by atoms with Crippen LogP contribution in [0.25, 0.3) is 10.2 Å². The molecule has 0 saturated heterocycles. The Kier molecular flexibility index (Phi) is 5.45. The first-order valence-corrected chi connectivity index (χ1v) is 11.6. The van der Waals surface area contributed by atoms with Crippen molar-refractivity contribution in [2.75, 3.05) is 5.32 Å². The maximum Gasteiger partial charge on any atom is 0.265 e. The quantitative estimate of drug-likeness (QED) is 0.409. The summed E-state index contributed by atoms with van der Waals surface area (Å²) in [6, 6.07) is 16.8. The van der Waals surface area contributed by atoms with Crippen LogP contribution in [0.2, 0.25) is 5.02 Å². The summed E-state index contributed by atoms with van der Waals surface area (Å²) in [5.41, 5.74) is 3.10. The fraction of sp³-hybridized carbons (Fsp3) is 0.208. The molecule has 1 saturated carbocycles. The molecule has 2 aromatic carbocycles. The van der Waals surface area contributed by atoms with Gasteiger partial charge in [0, 0.05) is 27.7 Å². The molecule has 4 aromatic rings. The number of anilines is 1. The third kappa shape index (κ3) is 4.40. The molecule has 8 heteroatoms. The van der Waals surface area contributed by atoms with Gasteiger partial charge in [-0.25, -0.2) is 0 Å². The third-order valence-electron chi connectivity index (χ3n) is 5.37. The van der Waals surface area contributed by atoms with Crippen molar-refractivity contribution in [2.24, 2.45) is 0 Å². The van der Waals surface area contributed by atoms with Gasteiger partial charge < -0.3 is 10.6 Å². The monoisotopic (exact) mass is 464 g/mol. The molecular formula is C24H21ClN4O2S. The summed E-state index contributed by atoms with van der Waals surface area (Å²) in [5, 5.41) is 12.2. The van der Waals surface area contributed by atoms with E-state index >= 15 is 0 Å². The molecule has 2 N–H and O–H groups in total. The number of hydrogen-bond acceptors (Lipinski definition) is 4. The van der Waals surface area contributed by atoms with E-state index in [4.69, 9.17) is 11.6 Å². The first kappa shape index (κ1) is 20.7. The highest BCUT2D eigenvalue weighted by Gasteiger charge is 2.24. The van der Waals surface area contributed by atoms with E-state index in [1.165, 1.54) is 11.3 Å². The number of rotatable bonds is 6. The fourth-order valence-corrected chi connectivity index (χ4v) is 4.70. The lowest BCUT2D eigenvalue weighted by atomic mass is 10.2. The predicted molar refractivity (Wildman–Crippen MR) is 128 cm³/mol. The molecule has 2 heterocycles. The minimum Gasteiger partial charge on any atom is -0.349 e. The van der Waals surface area contributed by atoms with Gasteiger partial charge in [-0.2, -0.15) is 5.10 Å². The smallest absolute Gasteiger partial charge is 0.265 e. The largest absolute Gasteiger partial charge is 0.349 e. The van der Waals surface area contributed by atoms with Gasteiger partial charge in [0.1, 0.15) is 4.83 Å². The number of benzene rings is 2. The molecular weight excluding hydrogens is 444 g/mol. The highest BCUT2D eigenvalue weighted by Crippen LogP contribution is 2.30. The van der Waals surface area contributed by atoms with Crippen molar-refractivity contribution in [3.8, 4) is 0 Å². The molecule has 0 atom stereocenters. The van der Waals surface area contributed by atoms with Gasteiger partial charge in [0.25, 0.3) is 11.8 Å². The van der Waals surface area contributed by atoms with Crippen molar-refractivity contribution in [2.45, 2.75) is 32.4 Å². The van der Waals surface area contributed by atoms with E-state index in [9.17, 15) is 9.59 Å². The van der Waals surface area contributed by atoms with E-state index in [1.807, 2.05) is 41.9 Å². The Morgan fingerprint density at radius 1 is 1.12 bits per heavy atom. The average Bonchev–Trinajstić information content (AvgIpc) is 3.39. The molecule has 1 aliphatic carbocycles. The molecule has 2 aromatic heterocycles. The van der Waals surface area contributed by atoms with Gasteiger partial charge in [-0.3, -0.25) is 14.3 Å². The van der Waals surface area contributed by atoms with Crippen LogP contribution in [0.1, 0.15) is 44.1 Å².